The van der Waals surface area contributed by atoms with Crippen LogP contribution in [0.4, 0.5) is 22.0 Å². The molecule has 4 N–H and O–H groups in total. The first-order chi connectivity index (χ1) is 21.5. The highest BCUT2D eigenvalue weighted by molar-refractivity contribution is 7.90. The van der Waals surface area contributed by atoms with E-state index in [1.807, 2.05) is 13.8 Å². The van der Waals surface area contributed by atoms with Gasteiger partial charge < -0.3 is 25.4 Å². The molecule has 1 aliphatic carbocycles. The summed E-state index contributed by atoms with van der Waals surface area (Å²) in [5.41, 5.74) is -7.59. The third kappa shape index (κ3) is 7.53. The number of piperidine rings is 1. The highest BCUT2D eigenvalue weighted by Crippen LogP contribution is 2.65. The van der Waals surface area contributed by atoms with Crippen LogP contribution in [0.5, 0.6) is 5.75 Å². The number of alkyl halides is 3. The molecule has 3 aliphatic rings. The SMILES string of the molecule is CC(C)(C)[C@H](NS(=O)(=O)C(F)(F)F)C(=O)N1C[C@H]2[C@@H]([C@H]1C(=O)N[C@@H](C[C@@H]1CC(O)NC1=O)C(=O)COc1ccc(F)cc1F)C2(C)C. The Balaban J connectivity index is 1.60. The number of Topliss-reactive ketones (excluding diaryl/α,β-unsaturated/α-hetero) is 1. The Kier molecular flexibility index (Phi) is 9.75. The van der Waals surface area contributed by atoms with Gasteiger partial charge in [-0.2, -0.15) is 17.9 Å². The van der Waals surface area contributed by atoms with Crippen LogP contribution in [0, 0.1) is 40.2 Å². The van der Waals surface area contributed by atoms with Crippen LogP contribution in [0.15, 0.2) is 18.2 Å². The molecule has 47 heavy (non-hydrogen) atoms. The molecule has 1 unspecified atom stereocenters. The number of nitrogens with one attached hydrogen (secondary N) is 3. The lowest BCUT2D eigenvalue weighted by atomic mass is 9.86. The Morgan fingerprint density at radius 3 is 2.34 bits per heavy atom. The summed E-state index contributed by atoms with van der Waals surface area (Å²) in [6.07, 6.45) is -1.66. The molecule has 2 saturated heterocycles. The number of ether oxygens (including phenoxy) is 1. The van der Waals surface area contributed by atoms with Gasteiger partial charge in [0.15, 0.2) is 17.3 Å². The van der Waals surface area contributed by atoms with Crippen LogP contribution in [0.3, 0.4) is 0 Å². The summed E-state index contributed by atoms with van der Waals surface area (Å²) < 4.78 is 98.0. The Labute approximate surface area is 267 Å². The number of sulfonamides is 1. The summed E-state index contributed by atoms with van der Waals surface area (Å²) in [4.78, 5) is 54.5. The van der Waals surface area contributed by atoms with Crippen LogP contribution in [-0.2, 0) is 29.2 Å². The monoisotopic (exact) mass is 696 g/mol. The van der Waals surface area contributed by atoms with Gasteiger partial charge in [-0.3, -0.25) is 19.2 Å². The highest BCUT2D eigenvalue weighted by atomic mass is 32.2. The van der Waals surface area contributed by atoms with Gasteiger partial charge in [0.1, 0.15) is 30.7 Å². The number of benzene rings is 1. The van der Waals surface area contributed by atoms with Gasteiger partial charge in [-0.1, -0.05) is 34.6 Å². The topological polar surface area (TPSA) is 171 Å². The van der Waals surface area contributed by atoms with E-state index < -0.39 is 110 Å². The molecule has 3 fully saturated rings. The van der Waals surface area contributed by atoms with E-state index >= 15 is 0 Å². The van der Waals surface area contributed by atoms with Crippen molar-refractivity contribution in [1.29, 1.82) is 0 Å². The number of amides is 3. The maximum absolute atomic E-state index is 14.1. The number of carbonyl (C=O) groups excluding carboxylic acids is 4. The van der Waals surface area contributed by atoms with E-state index in [-0.39, 0.29) is 25.3 Å². The molecule has 12 nitrogen and oxygen atoms in total. The average Bonchev–Trinajstić information content (AvgIpc) is 3.21. The molecule has 0 radical (unpaired) electrons. The molecular formula is C29H37F5N4O8S. The Morgan fingerprint density at radius 2 is 1.81 bits per heavy atom. The number of fused-ring (bicyclic) bond motifs is 1. The number of hydrogen-bond acceptors (Lipinski definition) is 8. The van der Waals surface area contributed by atoms with Crippen LogP contribution in [-0.4, -0.2) is 84.9 Å². The number of hydrogen-bond donors (Lipinski definition) is 4. The standard InChI is InChI=1S/C29H37F5N4O8S/c1-27(2,3)23(37-47(44,45)29(32,33)34)26(43)38-11-15-21(28(15,4)5)22(38)25(42)35-17(8-13-9-20(40)36-24(13)41)18(39)12-46-19-7-6-14(30)10-16(19)31/h6-7,10,13,15,17,20-23,37,40H,8-9,11-12H2,1-5H3,(H,35,42)(H,36,41)/t13-,15+,17+,20?,21+,22+,23-/m1/s1. The molecule has 7 atom stereocenters. The largest absolute Gasteiger partial charge is 0.511 e. The lowest BCUT2D eigenvalue weighted by molar-refractivity contribution is -0.144. The second kappa shape index (κ2) is 12.6. The number of aliphatic hydroxyl groups is 1. The maximum Gasteiger partial charge on any atom is 0.511 e. The summed E-state index contributed by atoms with van der Waals surface area (Å²) in [5.74, 6) is -7.63. The smallest absolute Gasteiger partial charge is 0.483 e. The molecule has 1 saturated carbocycles. The lowest BCUT2D eigenvalue weighted by Crippen LogP contribution is -2.61. The molecule has 18 heteroatoms. The van der Waals surface area contributed by atoms with Gasteiger partial charge >= 0.3 is 15.5 Å². The first kappa shape index (κ1) is 36.5. The molecule has 0 aromatic heterocycles. The minimum absolute atomic E-state index is 0.0856. The van der Waals surface area contributed by atoms with Crippen molar-refractivity contribution >= 4 is 33.5 Å². The average molecular weight is 697 g/mol. The molecule has 0 bridgehead atoms. The minimum Gasteiger partial charge on any atom is -0.483 e. The van der Waals surface area contributed by atoms with Crippen molar-refractivity contribution in [3.63, 3.8) is 0 Å². The van der Waals surface area contributed by atoms with Gasteiger partial charge in [-0.05, 0) is 41.2 Å². The highest BCUT2D eigenvalue weighted by Gasteiger charge is 2.70. The van der Waals surface area contributed by atoms with Crippen LogP contribution in [0.25, 0.3) is 0 Å². The summed E-state index contributed by atoms with van der Waals surface area (Å²) in [6, 6.07) is -2.37. The third-order valence-electron chi connectivity index (χ3n) is 9.13. The van der Waals surface area contributed by atoms with Gasteiger partial charge in [0, 0.05) is 24.9 Å². The molecule has 3 amide bonds. The zero-order chi connectivity index (χ0) is 35.4. The predicted molar refractivity (Wildman–Crippen MR) is 153 cm³/mol. The number of rotatable bonds is 11. The molecule has 1 aromatic rings. The van der Waals surface area contributed by atoms with Crippen molar-refractivity contribution in [3.05, 3.63) is 29.8 Å². The minimum atomic E-state index is -5.97. The fraction of sp³-hybridized carbons (Fsp3) is 0.655. The van der Waals surface area contributed by atoms with E-state index in [1.54, 1.807) is 0 Å². The quantitative estimate of drug-likeness (QED) is 0.253. The summed E-state index contributed by atoms with van der Waals surface area (Å²) in [6.45, 7) is 6.77. The summed E-state index contributed by atoms with van der Waals surface area (Å²) in [5, 5.41) is 14.7. The van der Waals surface area contributed by atoms with Crippen molar-refractivity contribution in [3.8, 4) is 5.75 Å². The molecular weight excluding hydrogens is 659 g/mol. The first-order valence-electron chi connectivity index (χ1n) is 14.7. The third-order valence-corrected chi connectivity index (χ3v) is 10.3. The molecule has 1 aromatic carbocycles. The Hall–Kier alpha value is -3.38. The number of ketones is 1. The van der Waals surface area contributed by atoms with E-state index in [1.165, 1.54) is 25.5 Å². The molecule has 0 spiro atoms. The predicted octanol–water partition coefficient (Wildman–Crippen LogP) is 1.58. The lowest BCUT2D eigenvalue weighted by Gasteiger charge is -2.37. The van der Waals surface area contributed by atoms with Crippen molar-refractivity contribution < 1.29 is 59.4 Å². The van der Waals surface area contributed by atoms with Crippen LogP contribution < -0.4 is 20.1 Å². The molecule has 2 heterocycles. The van der Waals surface area contributed by atoms with E-state index in [4.69, 9.17) is 4.74 Å². The van der Waals surface area contributed by atoms with Crippen molar-refractivity contribution in [2.75, 3.05) is 13.2 Å². The zero-order valence-electron chi connectivity index (χ0n) is 26.2. The van der Waals surface area contributed by atoms with Crippen LogP contribution in [0.1, 0.15) is 47.5 Å². The van der Waals surface area contributed by atoms with Crippen LogP contribution in [0.2, 0.25) is 0 Å². The van der Waals surface area contributed by atoms with Crippen molar-refractivity contribution in [2.45, 2.75) is 77.3 Å². The van der Waals surface area contributed by atoms with Gasteiger partial charge in [0.05, 0.1) is 6.04 Å². The number of nitrogens with zero attached hydrogens (tertiary/aromatic N) is 1. The second-order valence-electron chi connectivity index (χ2n) is 13.8. The molecule has 2 aliphatic heterocycles. The van der Waals surface area contributed by atoms with Gasteiger partial charge in [0.25, 0.3) is 0 Å². The fourth-order valence-corrected chi connectivity index (χ4v) is 7.27. The van der Waals surface area contributed by atoms with Crippen LogP contribution >= 0.6 is 0 Å². The molecule has 4 rings (SSSR count). The number of carbonyl (C=O) groups is 4. The van der Waals surface area contributed by atoms with E-state index in [0.29, 0.717) is 6.07 Å². The maximum atomic E-state index is 14.1. The first-order valence-corrected chi connectivity index (χ1v) is 16.2. The van der Waals surface area contributed by atoms with Gasteiger partial charge in [0.2, 0.25) is 17.7 Å². The normalized spacial score (nSPS) is 26.7. The van der Waals surface area contributed by atoms with Crippen molar-refractivity contribution in [1.82, 2.24) is 20.3 Å². The number of aliphatic hydroxyl groups excluding tert-OH is 1. The summed E-state index contributed by atoms with van der Waals surface area (Å²) >= 11 is 0. The van der Waals surface area contributed by atoms with Gasteiger partial charge in [-0.15, -0.1) is 0 Å². The second-order valence-corrected chi connectivity index (χ2v) is 15.5. The van der Waals surface area contributed by atoms with E-state index in [9.17, 15) is 54.7 Å². The number of halogens is 5. The Morgan fingerprint density at radius 1 is 1.17 bits per heavy atom. The fourth-order valence-electron chi connectivity index (χ4n) is 6.37. The van der Waals surface area contributed by atoms with Gasteiger partial charge in [-0.25, -0.2) is 17.2 Å². The molecule has 262 valence electrons. The Bertz CT molecular complexity index is 1550. The van der Waals surface area contributed by atoms with Crippen molar-refractivity contribution in [2.24, 2.45) is 28.6 Å². The number of likely N-dealkylation sites (tertiary alicyclic amines) is 1. The van der Waals surface area contributed by atoms with E-state index in [2.05, 4.69) is 10.6 Å². The summed E-state index contributed by atoms with van der Waals surface area (Å²) in [7, 11) is -5.97. The zero-order valence-corrected chi connectivity index (χ0v) is 27.0. The van der Waals surface area contributed by atoms with E-state index in [0.717, 1.165) is 17.0 Å².